The van der Waals surface area contributed by atoms with Gasteiger partial charge in [-0.3, -0.25) is 0 Å². The number of carbonyl (C=O) groups excluding carboxylic acids is 1. The summed E-state index contributed by atoms with van der Waals surface area (Å²) in [6, 6.07) is 12.3. The molecule has 0 radical (unpaired) electrons. The Balaban J connectivity index is 2.13. The quantitative estimate of drug-likeness (QED) is 0.874. The van der Waals surface area contributed by atoms with Gasteiger partial charge in [-0.1, -0.05) is 18.2 Å². The van der Waals surface area contributed by atoms with Crippen molar-refractivity contribution >= 4 is 17.4 Å². The molecular weight excluding hydrogens is 257 g/mol. The minimum absolute atomic E-state index is 0.0964. The normalized spacial score (nSPS) is 9.65. The molecule has 20 heavy (non-hydrogen) atoms. The number of nitrogens with one attached hydrogen (secondary N) is 2. The molecule has 0 aliphatic rings. The number of hydrogen-bond donors (Lipinski definition) is 2. The number of amides is 2. The summed E-state index contributed by atoms with van der Waals surface area (Å²) in [5.74, 6) is -0.509. The zero-order valence-corrected chi connectivity index (χ0v) is 10.8. The van der Waals surface area contributed by atoms with E-state index in [9.17, 15) is 9.18 Å². The van der Waals surface area contributed by atoms with E-state index in [1.807, 2.05) is 6.07 Å². The highest BCUT2D eigenvalue weighted by Gasteiger charge is 2.08. The molecule has 0 unspecified atom stereocenters. The highest BCUT2D eigenvalue weighted by atomic mass is 19.1. The van der Waals surface area contributed by atoms with Gasteiger partial charge in [0.1, 0.15) is 5.82 Å². The first-order valence-corrected chi connectivity index (χ1v) is 5.93. The van der Waals surface area contributed by atoms with Crippen LogP contribution in [0.5, 0.6) is 0 Å². The minimum Gasteiger partial charge on any atom is -0.307 e. The van der Waals surface area contributed by atoms with Crippen LogP contribution < -0.4 is 10.6 Å². The van der Waals surface area contributed by atoms with Gasteiger partial charge >= 0.3 is 6.03 Å². The molecule has 0 saturated heterocycles. The molecule has 0 aliphatic heterocycles. The summed E-state index contributed by atoms with van der Waals surface area (Å²) in [5, 5.41) is 13.8. The Morgan fingerprint density at radius 1 is 1.15 bits per heavy atom. The molecule has 0 fully saturated rings. The molecule has 0 heterocycles. The first-order valence-electron chi connectivity index (χ1n) is 5.93. The van der Waals surface area contributed by atoms with Crippen LogP contribution in [0.3, 0.4) is 0 Å². The number of nitrogens with zero attached hydrogens (tertiary/aromatic N) is 1. The highest BCUT2D eigenvalue weighted by molar-refractivity contribution is 6.00. The molecule has 5 heteroatoms. The molecule has 2 aromatic carbocycles. The maximum Gasteiger partial charge on any atom is 0.323 e. The van der Waals surface area contributed by atoms with E-state index in [2.05, 4.69) is 10.6 Å². The van der Waals surface area contributed by atoms with Gasteiger partial charge in [0.2, 0.25) is 0 Å². The molecule has 2 N–H and O–H groups in total. The van der Waals surface area contributed by atoms with Gasteiger partial charge in [-0.25, -0.2) is 9.18 Å². The van der Waals surface area contributed by atoms with Crippen LogP contribution in [-0.4, -0.2) is 6.03 Å². The minimum atomic E-state index is -0.562. The smallest absolute Gasteiger partial charge is 0.307 e. The number of aryl methyl sites for hydroxylation is 1. The van der Waals surface area contributed by atoms with Crippen molar-refractivity contribution < 1.29 is 9.18 Å². The van der Waals surface area contributed by atoms with Crippen LogP contribution in [0, 0.1) is 24.1 Å². The van der Waals surface area contributed by atoms with E-state index >= 15 is 0 Å². The van der Waals surface area contributed by atoms with Gasteiger partial charge in [0, 0.05) is 5.69 Å². The molecular formula is C15H12FN3O. The molecule has 0 spiro atoms. The fraction of sp³-hybridized carbons (Fsp3) is 0.0667. The largest absolute Gasteiger partial charge is 0.323 e. The van der Waals surface area contributed by atoms with Crippen LogP contribution in [0.25, 0.3) is 0 Å². The van der Waals surface area contributed by atoms with Crippen LogP contribution in [0.2, 0.25) is 0 Å². The van der Waals surface area contributed by atoms with Gasteiger partial charge in [0.05, 0.1) is 17.3 Å². The summed E-state index contributed by atoms with van der Waals surface area (Å²) >= 11 is 0. The first-order chi connectivity index (χ1) is 9.60. The van der Waals surface area contributed by atoms with Crippen LogP contribution in [-0.2, 0) is 0 Å². The van der Waals surface area contributed by atoms with Crippen LogP contribution in [0.1, 0.15) is 11.1 Å². The molecule has 2 amide bonds. The Morgan fingerprint density at radius 3 is 2.55 bits per heavy atom. The van der Waals surface area contributed by atoms with Crippen LogP contribution in [0.15, 0.2) is 42.5 Å². The van der Waals surface area contributed by atoms with E-state index in [4.69, 9.17) is 5.26 Å². The number of hydrogen-bond acceptors (Lipinski definition) is 2. The summed E-state index contributed by atoms with van der Waals surface area (Å²) < 4.78 is 13.4. The standard InChI is InChI=1S/C15H12FN3O/c1-10-6-7-11(9-17)8-14(10)19-15(20)18-13-5-3-2-4-12(13)16/h2-8H,1H3,(H2,18,19,20). The number of urea groups is 1. The number of halogens is 1. The van der Waals surface area contributed by atoms with E-state index in [1.165, 1.54) is 12.1 Å². The molecule has 0 atom stereocenters. The Kier molecular flexibility index (Phi) is 3.96. The van der Waals surface area contributed by atoms with Crippen molar-refractivity contribution in [3.05, 3.63) is 59.4 Å². The predicted molar refractivity (Wildman–Crippen MR) is 74.9 cm³/mol. The third kappa shape index (κ3) is 3.12. The van der Waals surface area contributed by atoms with E-state index in [0.29, 0.717) is 11.3 Å². The average molecular weight is 269 g/mol. The van der Waals surface area contributed by atoms with Gasteiger partial charge < -0.3 is 10.6 Å². The van der Waals surface area contributed by atoms with E-state index < -0.39 is 11.8 Å². The lowest BCUT2D eigenvalue weighted by atomic mass is 10.1. The summed E-state index contributed by atoms with van der Waals surface area (Å²) in [4.78, 5) is 11.8. The number of benzene rings is 2. The second-order valence-corrected chi connectivity index (χ2v) is 4.20. The molecule has 2 aromatic rings. The second kappa shape index (κ2) is 5.85. The lowest BCUT2D eigenvalue weighted by Gasteiger charge is -2.10. The Hall–Kier alpha value is -2.87. The van der Waals surface area contributed by atoms with Crippen molar-refractivity contribution in [2.24, 2.45) is 0 Å². The zero-order valence-electron chi connectivity index (χ0n) is 10.8. The van der Waals surface area contributed by atoms with Gasteiger partial charge in [0.15, 0.2) is 0 Å². The molecule has 0 aromatic heterocycles. The average Bonchev–Trinajstić information content (AvgIpc) is 2.44. The van der Waals surface area contributed by atoms with Crippen molar-refractivity contribution in [1.82, 2.24) is 0 Å². The monoisotopic (exact) mass is 269 g/mol. The predicted octanol–water partition coefficient (Wildman–Crippen LogP) is 3.65. The number of carbonyl (C=O) groups is 1. The topological polar surface area (TPSA) is 64.9 Å². The Morgan fingerprint density at radius 2 is 1.85 bits per heavy atom. The third-order valence-corrected chi connectivity index (χ3v) is 2.74. The van der Waals surface area contributed by atoms with Crippen molar-refractivity contribution in [3.8, 4) is 6.07 Å². The van der Waals surface area contributed by atoms with Crippen molar-refractivity contribution in [2.45, 2.75) is 6.92 Å². The lowest BCUT2D eigenvalue weighted by molar-refractivity contribution is 0.262. The van der Waals surface area contributed by atoms with Crippen LogP contribution in [0.4, 0.5) is 20.6 Å². The molecule has 100 valence electrons. The van der Waals surface area contributed by atoms with Gasteiger partial charge in [-0.15, -0.1) is 0 Å². The first kappa shape index (κ1) is 13.6. The molecule has 0 bridgehead atoms. The molecule has 0 aliphatic carbocycles. The Labute approximate surface area is 115 Å². The van der Waals surface area contributed by atoms with E-state index in [-0.39, 0.29) is 5.69 Å². The zero-order chi connectivity index (χ0) is 14.5. The number of anilines is 2. The van der Waals surface area contributed by atoms with E-state index in [1.54, 1.807) is 37.3 Å². The summed E-state index contributed by atoms with van der Waals surface area (Å²) in [7, 11) is 0. The SMILES string of the molecule is Cc1ccc(C#N)cc1NC(=O)Nc1ccccc1F. The fourth-order valence-corrected chi connectivity index (χ4v) is 1.66. The Bertz CT molecular complexity index is 692. The van der Waals surface area contributed by atoms with E-state index in [0.717, 1.165) is 5.56 Å². The highest BCUT2D eigenvalue weighted by Crippen LogP contribution is 2.18. The molecule has 2 rings (SSSR count). The molecule has 0 saturated carbocycles. The number of nitriles is 1. The number of rotatable bonds is 2. The maximum absolute atomic E-state index is 13.4. The van der Waals surface area contributed by atoms with Crippen molar-refractivity contribution in [3.63, 3.8) is 0 Å². The third-order valence-electron chi connectivity index (χ3n) is 2.74. The lowest BCUT2D eigenvalue weighted by Crippen LogP contribution is -2.20. The van der Waals surface area contributed by atoms with Crippen molar-refractivity contribution in [2.75, 3.05) is 10.6 Å². The fourth-order valence-electron chi connectivity index (χ4n) is 1.66. The van der Waals surface area contributed by atoms with Crippen LogP contribution >= 0.6 is 0 Å². The van der Waals surface area contributed by atoms with Crippen molar-refractivity contribution in [1.29, 1.82) is 5.26 Å². The number of para-hydroxylation sites is 1. The summed E-state index contributed by atoms with van der Waals surface area (Å²) in [6.07, 6.45) is 0. The van der Waals surface area contributed by atoms with Gasteiger partial charge in [0.25, 0.3) is 0 Å². The maximum atomic E-state index is 13.4. The molecule has 4 nitrogen and oxygen atoms in total. The van der Waals surface area contributed by atoms with Gasteiger partial charge in [-0.05, 0) is 36.8 Å². The summed E-state index contributed by atoms with van der Waals surface area (Å²) in [5.41, 5.74) is 1.86. The second-order valence-electron chi connectivity index (χ2n) is 4.20. The summed E-state index contributed by atoms with van der Waals surface area (Å²) in [6.45, 7) is 1.81. The van der Waals surface area contributed by atoms with Gasteiger partial charge in [-0.2, -0.15) is 5.26 Å².